The molecule has 0 aromatic heterocycles. The van der Waals surface area contributed by atoms with E-state index >= 15 is 0 Å². The molecule has 0 bridgehead atoms. The molecule has 19 heavy (non-hydrogen) atoms. The molecule has 1 aliphatic rings. The van der Waals surface area contributed by atoms with Crippen LogP contribution in [0.4, 0.5) is 0 Å². The number of rotatable bonds is 3. The fourth-order valence-electron chi connectivity index (χ4n) is 2.20. The smallest absolute Gasteiger partial charge is 0.254 e. The summed E-state index contributed by atoms with van der Waals surface area (Å²) in [5, 5.41) is -0.443. The molecule has 6 heteroatoms. The van der Waals surface area contributed by atoms with E-state index in [9.17, 15) is 13.2 Å². The van der Waals surface area contributed by atoms with Crippen LogP contribution in [-0.2, 0) is 9.84 Å². The van der Waals surface area contributed by atoms with Crippen LogP contribution in [0.2, 0.25) is 0 Å². The highest BCUT2D eigenvalue weighted by molar-refractivity contribution is 7.91. The van der Waals surface area contributed by atoms with Crippen molar-refractivity contribution in [1.82, 2.24) is 4.90 Å². The molecule has 0 aliphatic carbocycles. The number of benzene rings is 1. The quantitative estimate of drug-likeness (QED) is 0.828. The first-order valence-electron chi connectivity index (χ1n) is 6.04. The summed E-state index contributed by atoms with van der Waals surface area (Å²) in [6.45, 7) is 0.753. The Morgan fingerprint density at radius 3 is 2.74 bits per heavy atom. The van der Waals surface area contributed by atoms with Gasteiger partial charge in [0.1, 0.15) is 5.75 Å². The number of hydrogen-bond donors (Lipinski definition) is 0. The van der Waals surface area contributed by atoms with E-state index in [0.29, 0.717) is 24.3 Å². The van der Waals surface area contributed by atoms with Gasteiger partial charge in [-0.1, -0.05) is 6.07 Å². The van der Waals surface area contributed by atoms with Gasteiger partial charge in [0.15, 0.2) is 9.84 Å². The van der Waals surface area contributed by atoms with Crippen LogP contribution in [0.5, 0.6) is 5.75 Å². The Kier molecular flexibility index (Phi) is 3.80. The fourth-order valence-corrected chi connectivity index (χ4v) is 3.19. The van der Waals surface area contributed by atoms with Crippen molar-refractivity contribution in [1.29, 1.82) is 0 Å². The summed E-state index contributed by atoms with van der Waals surface area (Å²) in [6.07, 6.45) is 1.73. The van der Waals surface area contributed by atoms with Gasteiger partial charge in [0.05, 0.1) is 12.4 Å². The summed E-state index contributed by atoms with van der Waals surface area (Å²) in [5.74, 6) is 0.467. The molecule has 1 aromatic carbocycles. The molecular weight excluding hydrogens is 266 g/mol. The fraction of sp³-hybridized carbons (Fsp3) is 0.462. The highest BCUT2D eigenvalue weighted by atomic mass is 32.2. The van der Waals surface area contributed by atoms with E-state index in [4.69, 9.17) is 4.74 Å². The molecule has 1 heterocycles. The van der Waals surface area contributed by atoms with E-state index in [2.05, 4.69) is 0 Å². The monoisotopic (exact) mass is 283 g/mol. The third-order valence-corrected chi connectivity index (χ3v) is 4.95. The van der Waals surface area contributed by atoms with E-state index in [-0.39, 0.29) is 12.5 Å². The Hall–Kier alpha value is -1.56. The van der Waals surface area contributed by atoms with E-state index in [1.54, 1.807) is 36.3 Å². The molecule has 0 spiro atoms. The maximum absolute atomic E-state index is 12.3. The van der Waals surface area contributed by atoms with Crippen LogP contribution in [0.25, 0.3) is 0 Å². The Labute approximate surface area is 113 Å². The second-order valence-electron chi connectivity index (χ2n) is 4.72. The van der Waals surface area contributed by atoms with Crippen LogP contribution < -0.4 is 4.74 Å². The third-order valence-electron chi connectivity index (χ3n) is 3.35. The molecule has 1 aliphatic heterocycles. The van der Waals surface area contributed by atoms with Gasteiger partial charge in [-0.15, -0.1) is 0 Å². The SMILES string of the molecule is COc1cccc(C(=O)N2CC[C@H](S(C)(=O)=O)C2)c1. The first-order chi connectivity index (χ1) is 8.91. The summed E-state index contributed by atoms with van der Waals surface area (Å²) in [7, 11) is -1.54. The molecule has 2 rings (SSSR count). The first kappa shape index (κ1) is 13.9. The van der Waals surface area contributed by atoms with E-state index in [1.165, 1.54) is 6.26 Å². The molecule has 1 aromatic rings. The number of nitrogens with zero attached hydrogens (tertiary/aromatic N) is 1. The van der Waals surface area contributed by atoms with Gasteiger partial charge in [0, 0.05) is 24.9 Å². The van der Waals surface area contributed by atoms with Crippen LogP contribution in [0, 0.1) is 0 Å². The van der Waals surface area contributed by atoms with Crippen LogP contribution in [-0.4, -0.2) is 50.9 Å². The lowest BCUT2D eigenvalue weighted by molar-refractivity contribution is 0.0793. The number of hydrogen-bond acceptors (Lipinski definition) is 4. The molecule has 0 radical (unpaired) electrons. The Morgan fingerprint density at radius 1 is 1.42 bits per heavy atom. The van der Waals surface area contributed by atoms with Crippen molar-refractivity contribution in [2.24, 2.45) is 0 Å². The van der Waals surface area contributed by atoms with Gasteiger partial charge in [0.2, 0.25) is 0 Å². The number of carbonyl (C=O) groups excluding carboxylic acids is 1. The van der Waals surface area contributed by atoms with E-state index in [1.807, 2.05) is 0 Å². The number of ether oxygens (including phenoxy) is 1. The van der Waals surface area contributed by atoms with E-state index in [0.717, 1.165) is 0 Å². The number of methoxy groups -OCH3 is 1. The maximum atomic E-state index is 12.3. The summed E-state index contributed by atoms with van der Waals surface area (Å²) in [6, 6.07) is 6.88. The minimum atomic E-state index is -3.08. The second kappa shape index (κ2) is 5.21. The van der Waals surface area contributed by atoms with Crippen LogP contribution in [0.3, 0.4) is 0 Å². The summed E-state index contributed by atoms with van der Waals surface area (Å²) >= 11 is 0. The highest BCUT2D eigenvalue weighted by Crippen LogP contribution is 2.20. The van der Waals surface area contributed by atoms with Crippen molar-refractivity contribution in [3.8, 4) is 5.75 Å². The number of likely N-dealkylation sites (tertiary alicyclic amines) is 1. The van der Waals surface area contributed by atoms with Crippen molar-refractivity contribution in [3.05, 3.63) is 29.8 Å². The van der Waals surface area contributed by atoms with Gasteiger partial charge in [-0.3, -0.25) is 4.79 Å². The molecular formula is C13H17NO4S. The van der Waals surface area contributed by atoms with Gasteiger partial charge in [0.25, 0.3) is 5.91 Å². The van der Waals surface area contributed by atoms with Crippen molar-refractivity contribution < 1.29 is 17.9 Å². The number of sulfone groups is 1. The number of carbonyl (C=O) groups is 1. The highest BCUT2D eigenvalue weighted by Gasteiger charge is 2.32. The molecule has 0 saturated carbocycles. The van der Waals surface area contributed by atoms with Gasteiger partial charge in [-0.25, -0.2) is 8.42 Å². The Morgan fingerprint density at radius 2 is 2.16 bits per heavy atom. The molecule has 5 nitrogen and oxygen atoms in total. The zero-order valence-corrected chi connectivity index (χ0v) is 11.8. The van der Waals surface area contributed by atoms with Gasteiger partial charge in [-0.2, -0.15) is 0 Å². The van der Waals surface area contributed by atoms with Gasteiger partial charge >= 0.3 is 0 Å². The lowest BCUT2D eigenvalue weighted by atomic mass is 10.2. The zero-order chi connectivity index (χ0) is 14.0. The van der Waals surface area contributed by atoms with Crippen molar-refractivity contribution in [2.45, 2.75) is 11.7 Å². The summed E-state index contributed by atoms with van der Waals surface area (Å²) in [4.78, 5) is 13.8. The predicted octanol–water partition coefficient (Wildman–Crippen LogP) is 0.954. The lowest BCUT2D eigenvalue weighted by Crippen LogP contribution is -2.31. The normalized spacial score (nSPS) is 19.5. The molecule has 1 amide bonds. The average molecular weight is 283 g/mol. The minimum Gasteiger partial charge on any atom is -0.497 e. The lowest BCUT2D eigenvalue weighted by Gasteiger charge is -2.16. The molecule has 1 fully saturated rings. The summed E-state index contributed by atoms with van der Waals surface area (Å²) < 4.78 is 28.0. The second-order valence-corrected chi connectivity index (χ2v) is 7.05. The molecule has 1 atom stereocenters. The van der Waals surface area contributed by atoms with Crippen molar-refractivity contribution >= 4 is 15.7 Å². The van der Waals surface area contributed by atoms with Crippen molar-refractivity contribution in [2.75, 3.05) is 26.5 Å². The third kappa shape index (κ3) is 3.07. The standard InChI is InChI=1S/C13H17NO4S/c1-18-11-5-3-4-10(8-11)13(15)14-7-6-12(9-14)19(2,16)17/h3-5,8,12H,6-7,9H2,1-2H3/t12-/m0/s1. The van der Waals surface area contributed by atoms with E-state index < -0.39 is 15.1 Å². The Balaban J connectivity index is 2.13. The minimum absolute atomic E-state index is 0.148. The van der Waals surface area contributed by atoms with Crippen molar-refractivity contribution in [3.63, 3.8) is 0 Å². The molecule has 1 saturated heterocycles. The van der Waals surface area contributed by atoms with Gasteiger partial charge < -0.3 is 9.64 Å². The largest absolute Gasteiger partial charge is 0.497 e. The number of amides is 1. The molecule has 0 unspecified atom stereocenters. The van der Waals surface area contributed by atoms with Crippen LogP contribution in [0.15, 0.2) is 24.3 Å². The molecule has 104 valence electrons. The van der Waals surface area contributed by atoms with Gasteiger partial charge in [-0.05, 0) is 24.6 Å². The summed E-state index contributed by atoms with van der Waals surface area (Å²) in [5.41, 5.74) is 0.522. The predicted molar refractivity (Wildman–Crippen MR) is 72.1 cm³/mol. The molecule has 0 N–H and O–H groups in total. The Bertz CT molecular complexity index is 582. The first-order valence-corrected chi connectivity index (χ1v) is 7.99. The van der Waals surface area contributed by atoms with Crippen LogP contribution >= 0.6 is 0 Å². The average Bonchev–Trinajstić information content (AvgIpc) is 2.87. The van der Waals surface area contributed by atoms with Crippen LogP contribution in [0.1, 0.15) is 16.8 Å². The zero-order valence-electron chi connectivity index (χ0n) is 11.0. The topological polar surface area (TPSA) is 63.7 Å². The maximum Gasteiger partial charge on any atom is 0.254 e.